The number of Topliss-reactive ketones (excluding diaryl/α,β-unsaturated/α-hetero) is 1. The van der Waals surface area contributed by atoms with Gasteiger partial charge in [-0.3, -0.25) is 9.59 Å². The zero-order valence-corrected chi connectivity index (χ0v) is 13.2. The molecular weight excluding hydrogens is 327 g/mol. The van der Waals surface area contributed by atoms with Crippen LogP contribution in [0.5, 0.6) is 0 Å². The van der Waals surface area contributed by atoms with Gasteiger partial charge in [-0.2, -0.15) is 13.2 Å². The maximum absolute atomic E-state index is 12.5. The van der Waals surface area contributed by atoms with Crippen LogP contribution in [0.25, 0.3) is 0 Å². The first-order valence-electron chi connectivity index (χ1n) is 6.77. The van der Waals surface area contributed by atoms with Gasteiger partial charge >= 0.3 is 6.18 Å². The minimum atomic E-state index is -4.38. The average molecular weight is 341 g/mol. The second-order valence-corrected chi connectivity index (χ2v) is 6.12. The SMILES string of the molecule is CC(=O)c1ccc(C(=O)N[C@H](C)c2ccc(C(F)(F)F)cc2)s1. The number of benzene rings is 1. The maximum Gasteiger partial charge on any atom is 0.416 e. The Kier molecular flexibility index (Phi) is 4.89. The molecule has 0 aliphatic heterocycles. The summed E-state index contributed by atoms with van der Waals surface area (Å²) in [6.45, 7) is 3.10. The van der Waals surface area contributed by atoms with Crippen molar-refractivity contribution in [2.75, 3.05) is 0 Å². The summed E-state index contributed by atoms with van der Waals surface area (Å²) in [5.41, 5.74) is -0.168. The number of hydrogen-bond acceptors (Lipinski definition) is 3. The Morgan fingerprint density at radius 3 is 2.09 bits per heavy atom. The number of halogens is 3. The fraction of sp³-hybridized carbons (Fsp3) is 0.250. The zero-order chi connectivity index (χ0) is 17.2. The maximum atomic E-state index is 12.5. The van der Waals surface area contributed by atoms with E-state index in [1.807, 2.05) is 0 Å². The van der Waals surface area contributed by atoms with Crippen molar-refractivity contribution in [1.82, 2.24) is 5.32 Å². The van der Waals surface area contributed by atoms with Gasteiger partial charge in [0.25, 0.3) is 5.91 Å². The Hall–Kier alpha value is -2.15. The van der Waals surface area contributed by atoms with Gasteiger partial charge in [0.05, 0.1) is 21.4 Å². The van der Waals surface area contributed by atoms with Gasteiger partial charge in [0.1, 0.15) is 0 Å². The quantitative estimate of drug-likeness (QED) is 0.835. The molecule has 7 heteroatoms. The highest BCUT2D eigenvalue weighted by Crippen LogP contribution is 2.30. The second-order valence-electron chi connectivity index (χ2n) is 5.04. The van der Waals surface area contributed by atoms with Crippen LogP contribution in [0.1, 0.15) is 50.4 Å². The molecule has 2 aromatic rings. The van der Waals surface area contributed by atoms with Gasteiger partial charge in [0, 0.05) is 0 Å². The van der Waals surface area contributed by atoms with Crippen LogP contribution in [0.15, 0.2) is 36.4 Å². The summed E-state index contributed by atoms with van der Waals surface area (Å²) in [5.74, 6) is -0.486. The molecule has 1 N–H and O–H groups in total. The van der Waals surface area contributed by atoms with Gasteiger partial charge in [0.15, 0.2) is 5.78 Å². The smallest absolute Gasteiger partial charge is 0.345 e. The van der Waals surface area contributed by atoms with Crippen LogP contribution in [-0.4, -0.2) is 11.7 Å². The number of carbonyl (C=O) groups excluding carboxylic acids is 2. The third kappa shape index (κ3) is 4.19. The monoisotopic (exact) mass is 341 g/mol. The molecule has 1 heterocycles. The summed E-state index contributed by atoms with van der Waals surface area (Å²) >= 11 is 1.08. The van der Waals surface area contributed by atoms with Gasteiger partial charge < -0.3 is 5.32 Å². The minimum absolute atomic E-state index is 0.121. The summed E-state index contributed by atoms with van der Waals surface area (Å²) in [4.78, 5) is 24.2. The average Bonchev–Trinajstić information content (AvgIpc) is 2.96. The van der Waals surface area contributed by atoms with Crippen molar-refractivity contribution in [2.24, 2.45) is 0 Å². The Bertz CT molecular complexity index is 720. The molecule has 0 aliphatic carbocycles. The summed E-state index contributed by atoms with van der Waals surface area (Å²) in [7, 11) is 0. The molecular formula is C16H14F3NO2S. The summed E-state index contributed by atoms with van der Waals surface area (Å²) < 4.78 is 37.6. The topological polar surface area (TPSA) is 46.2 Å². The third-order valence-corrected chi connectivity index (χ3v) is 4.45. The van der Waals surface area contributed by atoms with Crippen LogP contribution in [0.3, 0.4) is 0 Å². The Morgan fingerprint density at radius 2 is 1.61 bits per heavy atom. The first-order valence-corrected chi connectivity index (χ1v) is 7.59. The lowest BCUT2D eigenvalue weighted by molar-refractivity contribution is -0.137. The largest absolute Gasteiger partial charge is 0.416 e. The summed E-state index contributed by atoms with van der Waals surface area (Å²) in [6.07, 6.45) is -4.38. The summed E-state index contributed by atoms with van der Waals surface area (Å²) in [5, 5.41) is 2.70. The molecule has 0 radical (unpaired) electrons. The summed E-state index contributed by atoms with van der Waals surface area (Å²) in [6, 6.07) is 7.31. The molecule has 0 aliphatic rings. The van der Waals surface area contributed by atoms with E-state index in [1.165, 1.54) is 19.1 Å². The third-order valence-electron chi connectivity index (χ3n) is 3.26. The van der Waals surface area contributed by atoms with Crippen LogP contribution in [0.4, 0.5) is 13.2 Å². The second kappa shape index (κ2) is 6.54. The molecule has 1 atom stereocenters. The molecule has 0 unspecified atom stereocenters. The van der Waals surface area contributed by atoms with Crippen LogP contribution in [0.2, 0.25) is 0 Å². The molecule has 0 saturated carbocycles. The molecule has 0 saturated heterocycles. The molecule has 0 spiro atoms. The van der Waals surface area contributed by atoms with E-state index >= 15 is 0 Å². The molecule has 0 bridgehead atoms. The fourth-order valence-electron chi connectivity index (χ4n) is 1.96. The predicted octanol–water partition coefficient (Wildman–Crippen LogP) is 4.46. The Labute approximate surface area is 135 Å². The van der Waals surface area contributed by atoms with Crippen molar-refractivity contribution in [3.05, 3.63) is 57.3 Å². The van der Waals surface area contributed by atoms with Crippen molar-refractivity contribution in [2.45, 2.75) is 26.1 Å². The highest BCUT2D eigenvalue weighted by atomic mass is 32.1. The van der Waals surface area contributed by atoms with Gasteiger partial charge in [-0.05, 0) is 43.7 Å². The van der Waals surface area contributed by atoms with Crippen LogP contribution < -0.4 is 5.32 Å². The number of thiophene rings is 1. The van der Waals surface area contributed by atoms with E-state index in [-0.39, 0.29) is 11.7 Å². The Balaban J connectivity index is 2.07. The van der Waals surface area contributed by atoms with Crippen molar-refractivity contribution in [1.29, 1.82) is 0 Å². The van der Waals surface area contributed by atoms with E-state index in [1.54, 1.807) is 19.1 Å². The number of nitrogens with one attached hydrogen (secondary N) is 1. The van der Waals surface area contributed by atoms with Crippen molar-refractivity contribution in [3.8, 4) is 0 Å². The zero-order valence-electron chi connectivity index (χ0n) is 12.4. The van der Waals surface area contributed by atoms with E-state index in [0.29, 0.717) is 15.3 Å². The van der Waals surface area contributed by atoms with E-state index < -0.39 is 17.8 Å². The molecule has 1 aromatic heterocycles. The van der Waals surface area contributed by atoms with Crippen LogP contribution in [0, 0.1) is 0 Å². The number of carbonyl (C=O) groups is 2. The van der Waals surface area contributed by atoms with Gasteiger partial charge in [0.2, 0.25) is 0 Å². The lowest BCUT2D eigenvalue weighted by Crippen LogP contribution is -2.25. The predicted molar refractivity (Wildman–Crippen MR) is 81.6 cm³/mol. The molecule has 0 fully saturated rings. The van der Waals surface area contributed by atoms with Gasteiger partial charge in [-0.25, -0.2) is 0 Å². The van der Waals surface area contributed by atoms with Crippen LogP contribution >= 0.6 is 11.3 Å². The molecule has 1 amide bonds. The van der Waals surface area contributed by atoms with E-state index in [0.717, 1.165) is 23.5 Å². The number of hydrogen-bond donors (Lipinski definition) is 1. The number of amides is 1. The normalized spacial score (nSPS) is 12.7. The number of alkyl halides is 3. The molecule has 122 valence electrons. The van der Waals surface area contributed by atoms with Crippen LogP contribution in [-0.2, 0) is 6.18 Å². The first kappa shape index (κ1) is 17.2. The first-order chi connectivity index (χ1) is 10.7. The molecule has 23 heavy (non-hydrogen) atoms. The lowest BCUT2D eigenvalue weighted by atomic mass is 10.1. The molecule has 2 rings (SSSR count). The van der Waals surface area contributed by atoms with Crippen molar-refractivity contribution < 1.29 is 22.8 Å². The lowest BCUT2D eigenvalue weighted by Gasteiger charge is -2.15. The van der Waals surface area contributed by atoms with E-state index in [4.69, 9.17) is 0 Å². The highest BCUT2D eigenvalue weighted by molar-refractivity contribution is 7.15. The van der Waals surface area contributed by atoms with Crippen molar-refractivity contribution >= 4 is 23.0 Å². The minimum Gasteiger partial charge on any atom is -0.345 e. The van der Waals surface area contributed by atoms with Gasteiger partial charge in [-0.1, -0.05) is 12.1 Å². The van der Waals surface area contributed by atoms with Crippen molar-refractivity contribution in [3.63, 3.8) is 0 Å². The van der Waals surface area contributed by atoms with Gasteiger partial charge in [-0.15, -0.1) is 11.3 Å². The number of ketones is 1. The van der Waals surface area contributed by atoms with E-state index in [2.05, 4.69) is 5.32 Å². The highest BCUT2D eigenvalue weighted by Gasteiger charge is 2.30. The fourth-order valence-corrected chi connectivity index (χ4v) is 2.77. The number of rotatable bonds is 4. The molecule has 3 nitrogen and oxygen atoms in total. The molecule has 1 aromatic carbocycles. The standard InChI is InChI=1S/C16H14F3NO2S/c1-9(11-3-5-12(6-4-11)16(17,18)19)20-15(22)14-8-7-13(23-14)10(2)21/h3-9H,1-2H3,(H,20,22)/t9-/m1/s1. The van der Waals surface area contributed by atoms with E-state index in [9.17, 15) is 22.8 Å². The Morgan fingerprint density at radius 1 is 1.04 bits per heavy atom.